The smallest absolute Gasteiger partial charge is 0.373 e. The van der Waals surface area contributed by atoms with Gasteiger partial charge in [-0.3, -0.25) is 0 Å². The Labute approximate surface area is 87.1 Å². The van der Waals surface area contributed by atoms with Gasteiger partial charge in [0.1, 0.15) is 5.76 Å². The summed E-state index contributed by atoms with van der Waals surface area (Å²) < 4.78 is 11.8. The van der Waals surface area contributed by atoms with Crippen molar-refractivity contribution in [2.75, 3.05) is 7.11 Å². The van der Waals surface area contributed by atoms with E-state index in [0.717, 1.165) is 5.76 Å². The summed E-state index contributed by atoms with van der Waals surface area (Å²) in [4.78, 5) is 11.1. The highest BCUT2D eigenvalue weighted by Gasteiger charge is 2.10. The van der Waals surface area contributed by atoms with Gasteiger partial charge in [0.05, 0.1) is 13.7 Å². The zero-order chi connectivity index (χ0) is 10.7. The summed E-state index contributed by atoms with van der Waals surface area (Å²) in [5.41, 5.74) is 0. The highest BCUT2D eigenvalue weighted by molar-refractivity contribution is 5.86. The lowest BCUT2D eigenvalue weighted by Crippen LogP contribution is -1.99. The third kappa shape index (κ3) is 2.10. The number of methoxy groups -OCH3 is 1. The van der Waals surface area contributed by atoms with Crippen LogP contribution in [-0.4, -0.2) is 17.6 Å². The Bertz CT molecular complexity index is 442. The molecule has 0 amide bonds. The second-order valence-corrected chi connectivity index (χ2v) is 3.11. The minimum absolute atomic E-state index is 0.236. The largest absolute Gasteiger partial charge is 0.463 e. The van der Waals surface area contributed by atoms with E-state index in [-0.39, 0.29) is 5.76 Å². The van der Waals surface area contributed by atoms with Gasteiger partial charge in [-0.05, 0) is 24.3 Å². The molecule has 0 radical (unpaired) electrons. The van der Waals surface area contributed by atoms with Crippen LogP contribution in [0.5, 0.6) is 0 Å². The zero-order valence-electron chi connectivity index (χ0n) is 8.34. The van der Waals surface area contributed by atoms with E-state index in [1.54, 1.807) is 12.1 Å². The molecule has 0 aliphatic heterocycles. The minimum atomic E-state index is -0.450. The molecule has 4 nitrogen and oxygen atoms in total. The first-order valence-corrected chi connectivity index (χ1v) is 4.57. The van der Waals surface area contributed by atoms with E-state index in [1.807, 2.05) is 29.1 Å². The SMILES string of the molecule is COC(=O)c1ccc(Cn2cccc2)o1. The molecule has 0 saturated carbocycles. The molecule has 0 aromatic carbocycles. The quantitative estimate of drug-likeness (QED) is 0.719. The Morgan fingerprint density at radius 3 is 2.80 bits per heavy atom. The summed E-state index contributed by atoms with van der Waals surface area (Å²) in [6.45, 7) is 0.615. The lowest BCUT2D eigenvalue weighted by Gasteiger charge is -1.98. The van der Waals surface area contributed by atoms with Crippen LogP contribution in [-0.2, 0) is 11.3 Å². The summed E-state index contributed by atoms with van der Waals surface area (Å²) in [5, 5.41) is 0. The number of carbonyl (C=O) groups excluding carboxylic acids is 1. The third-order valence-corrected chi connectivity index (χ3v) is 2.05. The Morgan fingerprint density at radius 1 is 1.40 bits per heavy atom. The van der Waals surface area contributed by atoms with Crippen molar-refractivity contribution in [3.05, 3.63) is 48.2 Å². The summed E-state index contributed by atoms with van der Waals surface area (Å²) in [6.07, 6.45) is 3.86. The highest BCUT2D eigenvalue weighted by Crippen LogP contribution is 2.10. The molecule has 0 fully saturated rings. The van der Waals surface area contributed by atoms with Crippen LogP contribution in [0.3, 0.4) is 0 Å². The van der Waals surface area contributed by atoms with E-state index in [2.05, 4.69) is 4.74 Å². The predicted octanol–water partition coefficient (Wildman–Crippen LogP) is 1.92. The Morgan fingerprint density at radius 2 is 2.13 bits per heavy atom. The Hall–Kier alpha value is -1.97. The van der Waals surface area contributed by atoms with Crippen molar-refractivity contribution in [1.29, 1.82) is 0 Å². The molecule has 0 aliphatic rings. The van der Waals surface area contributed by atoms with E-state index >= 15 is 0 Å². The summed E-state index contributed by atoms with van der Waals surface area (Å²) >= 11 is 0. The number of aromatic nitrogens is 1. The number of esters is 1. The van der Waals surface area contributed by atoms with Crippen LogP contribution in [0.4, 0.5) is 0 Å². The summed E-state index contributed by atoms with van der Waals surface area (Å²) in [5.74, 6) is 0.514. The maximum atomic E-state index is 11.1. The number of rotatable bonds is 3. The number of hydrogen-bond donors (Lipinski definition) is 0. The summed E-state index contributed by atoms with van der Waals surface area (Å²) in [6, 6.07) is 7.26. The van der Waals surface area contributed by atoms with E-state index < -0.39 is 5.97 Å². The molecule has 2 aromatic rings. The van der Waals surface area contributed by atoms with Crippen molar-refractivity contribution in [2.24, 2.45) is 0 Å². The van der Waals surface area contributed by atoms with E-state index in [1.165, 1.54) is 7.11 Å². The van der Waals surface area contributed by atoms with Gasteiger partial charge in [0.25, 0.3) is 0 Å². The van der Waals surface area contributed by atoms with Crippen molar-refractivity contribution in [3.8, 4) is 0 Å². The van der Waals surface area contributed by atoms with Crippen LogP contribution in [0.1, 0.15) is 16.3 Å². The van der Waals surface area contributed by atoms with Crippen molar-refractivity contribution in [1.82, 2.24) is 4.57 Å². The van der Waals surface area contributed by atoms with Gasteiger partial charge in [-0.2, -0.15) is 0 Å². The fourth-order valence-corrected chi connectivity index (χ4v) is 1.33. The average Bonchev–Trinajstić information content (AvgIpc) is 2.88. The molecule has 2 rings (SSSR count). The monoisotopic (exact) mass is 205 g/mol. The first-order chi connectivity index (χ1) is 7.29. The second-order valence-electron chi connectivity index (χ2n) is 3.11. The number of carbonyl (C=O) groups is 1. The minimum Gasteiger partial charge on any atom is -0.463 e. The lowest BCUT2D eigenvalue weighted by molar-refractivity contribution is 0.0563. The molecule has 0 N–H and O–H groups in total. The molecule has 0 atom stereocenters. The molecule has 4 heteroatoms. The van der Waals surface area contributed by atoms with Gasteiger partial charge in [0.15, 0.2) is 0 Å². The van der Waals surface area contributed by atoms with Crippen LogP contribution in [0.15, 0.2) is 41.1 Å². The van der Waals surface area contributed by atoms with Gasteiger partial charge in [-0.1, -0.05) is 0 Å². The van der Waals surface area contributed by atoms with Gasteiger partial charge >= 0.3 is 5.97 Å². The van der Waals surface area contributed by atoms with Gasteiger partial charge in [-0.15, -0.1) is 0 Å². The number of hydrogen-bond acceptors (Lipinski definition) is 3. The molecular formula is C11H11NO3. The normalized spacial score (nSPS) is 10.2. The van der Waals surface area contributed by atoms with Gasteiger partial charge in [0, 0.05) is 12.4 Å². The van der Waals surface area contributed by atoms with Crippen LogP contribution in [0, 0.1) is 0 Å². The number of nitrogens with zero attached hydrogens (tertiary/aromatic N) is 1. The molecule has 0 aliphatic carbocycles. The molecule has 0 spiro atoms. The molecule has 2 aromatic heterocycles. The fraction of sp³-hybridized carbons (Fsp3) is 0.182. The maximum Gasteiger partial charge on any atom is 0.373 e. The first kappa shape index (κ1) is 9.58. The number of furan rings is 1. The van der Waals surface area contributed by atoms with Gasteiger partial charge < -0.3 is 13.7 Å². The van der Waals surface area contributed by atoms with Crippen molar-refractivity contribution in [2.45, 2.75) is 6.54 Å². The van der Waals surface area contributed by atoms with Crippen molar-refractivity contribution < 1.29 is 13.9 Å². The van der Waals surface area contributed by atoms with Crippen molar-refractivity contribution in [3.63, 3.8) is 0 Å². The Balaban J connectivity index is 2.11. The maximum absolute atomic E-state index is 11.1. The lowest BCUT2D eigenvalue weighted by atomic mass is 10.4. The van der Waals surface area contributed by atoms with Gasteiger partial charge in [-0.25, -0.2) is 4.79 Å². The molecule has 2 heterocycles. The van der Waals surface area contributed by atoms with E-state index in [4.69, 9.17) is 4.42 Å². The standard InChI is InChI=1S/C11H11NO3/c1-14-11(13)10-5-4-9(15-10)8-12-6-2-3-7-12/h2-7H,8H2,1H3. The van der Waals surface area contributed by atoms with Crippen LogP contribution in [0.2, 0.25) is 0 Å². The third-order valence-electron chi connectivity index (χ3n) is 2.05. The highest BCUT2D eigenvalue weighted by atomic mass is 16.5. The van der Waals surface area contributed by atoms with Crippen LogP contribution >= 0.6 is 0 Å². The molecule has 0 unspecified atom stereocenters. The van der Waals surface area contributed by atoms with Crippen LogP contribution < -0.4 is 0 Å². The van der Waals surface area contributed by atoms with E-state index in [9.17, 15) is 4.79 Å². The zero-order valence-corrected chi connectivity index (χ0v) is 8.34. The molecular weight excluding hydrogens is 194 g/mol. The molecule has 0 bridgehead atoms. The number of ether oxygens (including phenoxy) is 1. The summed E-state index contributed by atoms with van der Waals surface area (Å²) in [7, 11) is 1.33. The second kappa shape index (κ2) is 4.04. The van der Waals surface area contributed by atoms with Gasteiger partial charge in [0.2, 0.25) is 5.76 Å². The fourth-order valence-electron chi connectivity index (χ4n) is 1.33. The van der Waals surface area contributed by atoms with E-state index in [0.29, 0.717) is 6.54 Å². The molecule has 78 valence electrons. The average molecular weight is 205 g/mol. The topological polar surface area (TPSA) is 44.4 Å². The first-order valence-electron chi connectivity index (χ1n) is 4.57. The van der Waals surface area contributed by atoms with Crippen molar-refractivity contribution >= 4 is 5.97 Å². The molecule has 15 heavy (non-hydrogen) atoms. The Kier molecular flexibility index (Phi) is 2.58. The van der Waals surface area contributed by atoms with Crippen LogP contribution in [0.25, 0.3) is 0 Å². The molecule has 0 saturated heterocycles. The predicted molar refractivity (Wildman–Crippen MR) is 53.6 cm³/mol.